The number of nitrogens with one attached hydrogen (secondary N) is 1. The van der Waals surface area contributed by atoms with E-state index >= 15 is 0 Å². The van der Waals surface area contributed by atoms with Gasteiger partial charge in [-0.25, -0.2) is 4.98 Å². The molecule has 0 bridgehead atoms. The van der Waals surface area contributed by atoms with Gasteiger partial charge in [-0.05, 0) is 17.7 Å². The van der Waals surface area contributed by atoms with E-state index in [9.17, 15) is 4.79 Å². The summed E-state index contributed by atoms with van der Waals surface area (Å²) in [5.74, 6) is 0.627. The second-order valence-electron chi connectivity index (χ2n) is 7.82. The summed E-state index contributed by atoms with van der Waals surface area (Å²) in [5, 5.41) is 1.01. The lowest BCUT2D eigenvalue weighted by atomic mass is 10.1. The summed E-state index contributed by atoms with van der Waals surface area (Å²) in [6.07, 6.45) is 2.59. The third kappa shape index (κ3) is 4.19. The van der Waals surface area contributed by atoms with E-state index in [2.05, 4.69) is 14.9 Å². The van der Waals surface area contributed by atoms with Crippen molar-refractivity contribution in [2.24, 2.45) is 0 Å². The highest BCUT2D eigenvalue weighted by Crippen LogP contribution is 2.32. The van der Waals surface area contributed by atoms with E-state index in [1.54, 1.807) is 6.07 Å². The molecule has 32 heavy (non-hydrogen) atoms. The molecule has 0 fully saturated rings. The van der Waals surface area contributed by atoms with Crippen LogP contribution in [-0.4, -0.2) is 26.4 Å². The first-order chi connectivity index (χ1) is 15.6. The SMILES string of the molecule is O=c1[nH]c(-c2ccccc2)nc2c1CN(Cc1ccc(-c3cccc(Cl)c3Cl)nc1)CC2. The molecule has 160 valence electrons. The van der Waals surface area contributed by atoms with Crippen molar-refractivity contribution in [3.8, 4) is 22.6 Å². The minimum absolute atomic E-state index is 0.0670. The zero-order valence-electron chi connectivity index (χ0n) is 17.2. The van der Waals surface area contributed by atoms with Gasteiger partial charge in [0.2, 0.25) is 0 Å². The number of nitrogens with zero attached hydrogens (tertiary/aromatic N) is 3. The smallest absolute Gasteiger partial charge is 0.255 e. The first kappa shape index (κ1) is 20.9. The van der Waals surface area contributed by atoms with Crippen LogP contribution in [0.5, 0.6) is 0 Å². The van der Waals surface area contributed by atoms with Crippen LogP contribution in [0.3, 0.4) is 0 Å². The molecule has 0 spiro atoms. The Kier molecular flexibility index (Phi) is 5.79. The monoisotopic (exact) mass is 462 g/mol. The highest BCUT2D eigenvalue weighted by atomic mass is 35.5. The molecule has 0 amide bonds. The van der Waals surface area contributed by atoms with Gasteiger partial charge in [-0.3, -0.25) is 14.7 Å². The summed E-state index contributed by atoms with van der Waals surface area (Å²) in [6.45, 7) is 2.10. The molecule has 7 heteroatoms. The van der Waals surface area contributed by atoms with Crippen LogP contribution in [0, 0.1) is 0 Å². The minimum Gasteiger partial charge on any atom is -0.306 e. The normalized spacial score (nSPS) is 13.7. The van der Waals surface area contributed by atoms with E-state index in [0.717, 1.165) is 46.6 Å². The number of aromatic nitrogens is 3. The molecule has 1 aliphatic heterocycles. The molecule has 0 aliphatic carbocycles. The predicted molar refractivity (Wildman–Crippen MR) is 128 cm³/mol. The van der Waals surface area contributed by atoms with Crippen LogP contribution >= 0.6 is 23.2 Å². The number of H-pyrrole nitrogens is 1. The van der Waals surface area contributed by atoms with Crippen molar-refractivity contribution in [2.75, 3.05) is 6.54 Å². The van der Waals surface area contributed by atoms with Gasteiger partial charge in [0.15, 0.2) is 0 Å². The van der Waals surface area contributed by atoms with E-state index in [0.29, 0.717) is 29.0 Å². The van der Waals surface area contributed by atoms with Crippen LogP contribution in [0.2, 0.25) is 10.0 Å². The van der Waals surface area contributed by atoms with Crippen LogP contribution in [0.1, 0.15) is 16.8 Å². The van der Waals surface area contributed by atoms with Gasteiger partial charge in [0.1, 0.15) is 5.82 Å². The van der Waals surface area contributed by atoms with E-state index in [-0.39, 0.29) is 5.56 Å². The number of rotatable bonds is 4. The highest BCUT2D eigenvalue weighted by Gasteiger charge is 2.21. The van der Waals surface area contributed by atoms with E-state index in [4.69, 9.17) is 28.2 Å². The topological polar surface area (TPSA) is 61.9 Å². The summed E-state index contributed by atoms with van der Waals surface area (Å²) < 4.78 is 0. The summed E-state index contributed by atoms with van der Waals surface area (Å²) in [4.78, 5) is 27.2. The molecule has 0 saturated heterocycles. The fraction of sp³-hybridized carbons (Fsp3) is 0.160. The molecule has 5 rings (SSSR count). The molecule has 2 aromatic heterocycles. The van der Waals surface area contributed by atoms with Gasteiger partial charge in [0.25, 0.3) is 5.56 Å². The van der Waals surface area contributed by atoms with Gasteiger partial charge >= 0.3 is 0 Å². The molecular formula is C25H20Cl2N4O. The minimum atomic E-state index is -0.0670. The van der Waals surface area contributed by atoms with Crippen molar-refractivity contribution in [2.45, 2.75) is 19.5 Å². The zero-order valence-corrected chi connectivity index (χ0v) is 18.7. The Morgan fingerprint density at radius 1 is 1.00 bits per heavy atom. The zero-order chi connectivity index (χ0) is 22.1. The summed E-state index contributed by atoms with van der Waals surface area (Å²) in [5.41, 5.74) is 5.13. The number of fused-ring (bicyclic) bond motifs is 1. The first-order valence-corrected chi connectivity index (χ1v) is 11.1. The van der Waals surface area contributed by atoms with Crippen molar-refractivity contribution in [3.05, 3.63) is 104 Å². The molecule has 2 aromatic carbocycles. The molecule has 0 radical (unpaired) electrons. The molecule has 4 aromatic rings. The maximum absolute atomic E-state index is 12.8. The van der Waals surface area contributed by atoms with Gasteiger partial charge < -0.3 is 4.98 Å². The summed E-state index contributed by atoms with van der Waals surface area (Å²) in [7, 11) is 0. The first-order valence-electron chi connectivity index (χ1n) is 10.4. The van der Waals surface area contributed by atoms with Crippen LogP contribution in [0.25, 0.3) is 22.6 Å². The Bertz CT molecular complexity index is 1320. The summed E-state index contributed by atoms with van der Waals surface area (Å²) in [6, 6.07) is 19.2. The third-order valence-corrected chi connectivity index (χ3v) is 6.47. The molecule has 1 N–H and O–H groups in total. The number of pyridine rings is 1. The number of aromatic amines is 1. The molecule has 5 nitrogen and oxygen atoms in total. The van der Waals surface area contributed by atoms with E-state index in [1.807, 2.05) is 60.8 Å². The quantitative estimate of drug-likeness (QED) is 0.443. The highest BCUT2D eigenvalue weighted by molar-refractivity contribution is 6.43. The number of benzene rings is 2. The van der Waals surface area contributed by atoms with E-state index < -0.39 is 0 Å². The summed E-state index contributed by atoms with van der Waals surface area (Å²) >= 11 is 12.4. The lowest BCUT2D eigenvalue weighted by Gasteiger charge is -2.27. The van der Waals surface area contributed by atoms with Gasteiger partial charge in [0.05, 0.1) is 27.0 Å². The Morgan fingerprint density at radius 2 is 1.84 bits per heavy atom. The third-order valence-electron chi connectivity index (χ3n) is 5.65. The van der Waals surface area contributed by atoms with Crippen molar-refractivity contribution in [1.82, 2.24) is 19.9 Å². The maximum atomic E-state index is 12.8. The Hall–Kier alpha value is -2.99. The predicted octanol–water partition coefficient (Wildman–Crippen LogP) is 5.36. The number of halogens is 2. The number of hydrogen-bond donors (Lipinski definition) is 1. The van der Waals surface area contributed by atoms with Gasteiger partial charge in [-0.15, -0.1) is 0 Å². The number of hydrogen-bond acceptors (Lipinski definition) is 4. The largest absolute Gasteiger partial charge is 0.306 e. The molecule has 0 saturated carbocycles. The average Bonchev–Trinajstić information content (AvgIpc) is 2.82. The van der Waals surface area contributed by atoms with Crippen molar-refractivity contribution in [3.63, 3.8) is 0 Å². The molecule has 0 unspecified atom stereocenters. The standard InChI is InChI=1S/C25H20Cl2N4O/c26-20-8-4-7-18(23(20)27)21-10-9-16(13-28-21)14-31-12-11-22-19(15-31)25(32)30-24(29-22)17-5-2-1-3-6-17/h1-10,13H,11-12,14-15H2,(H,29,30,32). The second-order valence-corrected chi connectivity index (χ2v) is 8.60. The van der Waals surface area contributed by atoms with Crippen molar-refractivity contribution in [1.29, 1.82) is 0 Å². The molecule has 3 heterocycles. The fourth-order valence-corrected chi connectivity index (χ4v) is 4.38. The lowest BCUT2D eigenvalue weighted by Crippen LogP contribution is -2.35. The molecular weight excluding hydrogens is 443 g/mol. The Labute approximate surface area is 195 Å². The molecule has 0 atom stereocenters. The van der Waals surface area contributed by atoms with Crippen molar-refractivity contribution < 1.29 is 0 Å². The second kappa shape index (κ2) is 8.87. The Balaban J connectivity index is 1.32. The van der Waals surface area contributed by atoms with Gasteiger partial charge in [-0.1, -0.05) is 71.7 Å². The van der Waals surface area contributed by atoms with Crippen LogP contribution in [0.4, 0.5) is 0 Å². The van der Waals surface area contributed by atoms with Crippen LogP contribution < -0.4 is 5.56 Å². The average molecular weight is 463 g/mol. The maximum Gasteiger partial charge on any atom is 0.255 e. The van der Waals surface area contributed by atoms with E-state index in [1.165, 1.54) is 0 Å². The van der Waals surface area contributed by atoms with Gasteiger partial charge in [0, 0.05) is 43.4 Å². The van der Waals surface area contributed by atoms with Crippen molar-refractivity contribution >= 4 is 23.2 Å². The molecule has 1 aliphatic rings. The lowest BCUT2D eigenvalue weighted by molar-refractivity contribution is 0.241. The van der Waals surface area contributed by atoms with Gasteiger partial charge in [-0.2, -0.15) is 0 Å². The fourth-order valence-electron chi connectivity index (χ4n) is 3.99. The Morgan fingerprint density at radius 3 is 2.62 bits per heavy atom. The van der Waals surface area contributed by atoms with Crippen LogP contribution in [0.15, 0.2) is 71.7 Å². The van der Waals surface area contributed by atoms with Crippen LogP contribution in [-0.2, 0) is 19.5 Å².